The summed E-state index contributed by atoms with van der Waals surface area (Å²) in [7, 11) is 2.18. The zero-order valence-electron chi connectivity index (χ0n) is 8.95. The number of rotatable bonds is 1. The van der Waals surface area contributed by atoms with Gasteiger partial charge in [0.25, 0.3) is 0 Å². The fourth-order valence-electron chi connectivity index (χ4n) is 2.28. The van der Waals surface area contributed by atoms with Crippen LogP contribution in [0.2, 0.25) is 0 Å². The second-order valence-electron chi connectivity index (χ2n) is 4.25. The summed E-state index contributed by atoms with van der Waals surface area (Å²) in [6, 6.07) is 2.89. The molecule has 0 spiro atoms. The summed E-state index contributed by atoms with van der Waals surface area (Å²) in [6.45, 7) is 1.16. The first-order valence-electron chi connectivity index (χ1n) is 5.38. The maximum Gasteiger partial charge on any atom is 0.0591 e. The Labute approximate surface area is 104 Å². The SMILES string of the molecule is CN1CCCCC(N)C1c1cc(Br)cs1. The first-order valence-corrected chi connectivity index (χ1v) is 7.05. The van der Waals surface area contributed by atoms with Crippen LogP contribution in [0.3, 0.4) is 0 Å². The highest BCUT2D eigenvalue weighted by Crippen LogP contribution is 2.33. The number of nitrogens with zero attached hydrogens (tertiary/aromatic N) is 1. The average Bonchev–Trinajstić information content (AvgIpc) is 2.52. The van der Waals surface area contributed by atoms with E-state index in [4.69, 9.17) is 5.73 Å². The lowest BCUT2D eigenvalue weighted by Gasteiger charge is -2.29. The van der Waals surface area contributed by atoms with Gasteiger partial charge in [-0.15, -0.1) is 11.3 Å². The predicted molar refractivity (Wildman–Crippen MR) is 69.2 cm³/mol. The van der Waals surface area contributed by atoms with Crippen LogP contribution in [0.4, 0.5) is 0 Å². The number of likely N-dealkylation sites (N-methyl/N-ethyl adjacent to an activating group) is 1. The number of thiophene rings is 1. The van der Waals surface area contributed by atoms with Crippen LogP contribution in [0.5, 0.6) is 0 Å². The van der Waals surface area contributed by atoms with Crippen LogP contribution in [-0.4, -0.2) is 24.5 Å². The molecule has 2 unspecified atom stereocenters. The molecule has 1 fully saturated rings. The molecule has 0 aromatic carbocycles. The van der Waals surface area contributed by atoms with Gasteiger partial charge in [0.2, 0.25) is 0 Å². The van der Waals surface area contributed by atoms with Crippen LogP contribution in [0.15, 0.2) is 15.9 Å². The molecular weight excluding hydrogens is 272 g/mol. The highest BCUT2D eigenvalue weighted by Gasteiger charge is 2.27. The minimum atomic E-state index is 0.281. The predicted octanol–water partition coefficient (Wildman–Crippen LogP) is 2.99. The third kappa shape index (κ3) is 2.61. The van der Waals surface area contributed by atoms with E-state index < -0.39 is 0 Å². The Morgan fingerprint density at radius 2 is 2.33 bits per heavy atom. The van der Waals surface area contributed by atoms with Crippen molar-refractivity contribution in [3.63, 3.8) is 0 Å². The van der Waals surface area contributed by atoms with Gasteiger partial charge in [0, 0.05) is 20.8 Å². The molecule has 15 heavy (non-hydrogen) atoms. The van der Waals surface area contributed by atoms with Gasteiger partial charge in [0.1, 0.15) is 0 Å². The monoisotopic (exact) mass is 288 g/mol. The van der Waals surface area contributed by atoms with Crippen LogP contribution in [0.25, 0.3) is 0 Å². The molecule has 0 radical (unpaired) electrons. The first kappa shape index (κ1) is 11.6. The molecule has 84 valence electrons. The molecule has 0 saturated carbocycles. The minimum absolute atomic E-state index is 0.281. The highest BCUT2D eigenvalue weighted by atomic mass is 79.9. The summed E-state index contributed by atoms with van der Waals surface area (Å²) in [5.74, 6) is 0. The van der Waals surface area contributed by atoms with E-state index >= 15 is 0 Å². The highest BCUT2D eigenvalue weighted by molar-refractivity contribution is 9.10. The second-order valence-corrected chi connectivity index (χ2v) is 6.11. The molecule has 0 aliphatic carbocycles. The standard InChI is InChI=1S/C11H17BrN2S/c1-14-5-3-2-4-9(13)11(14)10-6-8(12)7-15-10/h6-7,9,11H,2-5,13H2,1H3. The van der Waals surface area contributed by atoms with Gasteiger partial charge in [-0.1, -0.05) is 6.42 Å². The Morgan fingerprint density at radius 1 is 1.53 bits per heavy atom. The molecule has 2 heterocycles. The maximum absolute atomic E-state index is 6.26. The lowest BCUT2D eigenvalue weighted by Crippen LogP contribution is -2.37. The topological polar surface area (TPSA) is 29.3 Å². The smallest absolute Gasteiger partial charge is 0.0591 e. The Hall–Kier alpha value is 0.1000. The number of hydrogen-bond donors (Lipinski definition) is 1. The molecule has 2 atom stereocenters. The molecule has 1 aliphatic rings. The van der Waals surface area contributed by atoms with Crippen molar-refractivity contribution in [1.29, 1.82) is 0 Å². The molecule has 4 heteroatoms. The Balaban J connectivity index is 2.23. The largest absolute Gasteiger partial charge is 0.326 e. The van der Waals surface area contributed by atoms with Gasteiger partial charge in [-0.3, -0.25) is 4.90 Å². The zero-order valence-corrected chi connectivity index (χ0v) is 11.4. The summed E-state index contributed by atoms with van der Waals surface area (Å²) in [5, 5.41) is 2.14. The summed E-state index contributed by atoms with van der Waals surface area (Å²) in [6.07, 6.45) is 3.67. The number of halogens is 1. The average molecular weight is 289 g/mol. The summed E-state index contributed by atoms with van der Waals surface area (Å²) < 4.78 is 1.17. The Bertz CT molecular complexity index is 314. The van der Waals surface area contributed by atoms with Gasteiger partial charge in [0.15, 0.2) is 0 Å². The Morgan fingerprint density at radius 3 is 3.00 bits per heavy atom. The lowest BCUT2D eigenvalue weighted by atomic mass is 10.0. The van der Waals surface area contributed by atoms with Crippen LogP contribution < -0.4 is 5.73 Å². The normalized spacial score (nSPS) is 29.0. The van der Waals surface area contributed by atoms with E-state index in [1.807, 2.05) is 0 Å². The summed E-state index contributed by atoms with van der Waals surface area (Å²) >= 11 is 5.31. The molecule has 1 aromatic heterocycles. The van der Waals surface area contributed by atoms with E-state index in [1.165, 1.54) is 22.2 Å². The molecule has 2 N–H and O–H groups in total. The quantitative estimate of drug-likeness (QED) is 0.861. The number of likely N-dealkylation sites (tertiary alicyclic amines) is 1. The van der Waals surface area contributed by atoms with Crippen molar-refractivity contribution in [2.24, 2.45) is 5.73 Å². The van der Waals surface area contributed by atoms with Gasteiger partial charge >= 0.3 is 0 Å². The van der Waals surface area contributed by atoms with Crippen LogP contribution >= 0.6 is 27.3 Å². The third-order valence-electron chi connectivity index (χ3n) is 3.06. The van der Waals surface area contributed by atoms with Crippen LogP contribution in [-0.2, 0) is 0 Å². The van der Waals surface area contributed by atoms with Gasteiger partial charge < -0.3 is 5.73 Å². The van der Waals surface area contributed by atoms with Crippen molar-refractivity contribution in [2.75, 3.05) is 13.6 Å². The van der Waals surface area contributed by atoms with Crippen LogP contribution in [0.1, 0.15) is 30.2 Å². The maximum atomic E-state index is 6.26. The van der Waals surface area contributed by atoms with E-state index in [0.717, 1.165) is 13.0 Å². The fourth-order valence-corrected chi connectivity index (χ4v) is 3.96. The van der Waals surface area contributed by atoms with E-state index in [9.17, 15) is 0 Å². The molecule has 0 amide bonds. The van der Waals surface area contributed by atoms with E-state index in [-0.39, 0.29) is 6.04 Å². The molecule has 2 nitrogen and oxygen atoms in total. The van der Waals surface area contributed by atoms with Crippen molar-refractivity contribution >= 4 is 27.3 Å². The van der Waals surface area contributed by atoms with Gasteiger partial charge in [-0.05, 0) is 48.4 Å². The number of nitrogens with two attached hydrogens (primary N) is 1. The summed E-state index contributed by atoms with van der Waals surface area (Å²) in [5.41, 5.74) is 6.26. The van der Waals surface area contributed by atoms with E-state index in [2.05, 4.69) is 39.3 Å². The van der Waals surface area contributed by atoms with Crippen LogP contribution in [0, 0.1) is 0 Å². The summed E-state index contributed by atoms with van der Waals surface area (Å²) in [4.78, 5) is 3.79. The lowest BCUT2D eigenvalue weighted by molar-refractivity contribution is 0.233. The van der Waals surface area contributed by atoms with Crippen molar-refractivity contribution in [3.8, 4) is 0 Å². The molecule has 1 aromatic rings. The van der Waals surface area contributed by atoms with Gasteiger partial charge in [-0.25, -0.2) is 0 Å². The third-order valence-corrected chi connectivity index (χ3v) is 4.82. The minimum Gasteiger partial charge on any atom is -0.326 e. The van der Waals surface area contributed by atoms with Crippen molar-refractivity contribution in [3.05, 3.63) is 20.8 Å². The number of hydrogen-bond acceptors (Lipinski definition) is 3. The zero-order chi connectivity index (χ0) is 10.8. The molecule has 1 saturated heterocycles. The van der Waals surface area contributed by atoms with Crippen molar-refractivity contribution in [1.82, 2.24) is 4.90 Å². The molecule has 2 rings (SSSR count). The van der Waals surface area contributed by atoms with Gasteiger partial charge in [-0.2, -0.15) is 0 Å². The van der Waals surface area contributed by atoms with Gasteiger partial charge in [0.05, 0.1) is 6.04 Å². The molecule has 0 bridgehead atoms. The van der Waals surface area contributed by atoms with E-state index in [1.54, 1.807) is 11.3 Å². The first-order chi connectivity index (χ1) is 7.18. The van der Waals surface area contributed by atoms with E-state index in [0.29, 0.717) is 6.04 Å². The molecular formula is C11H17BrN2S. The van der Waals surface area contributed by atoms with Crippen molar-refractivity contribution in [2.45, 2.75) is 31.3 Å². The fraction of sp³-hybridized carbons (Fsp3) is 0.636. The van der Waals surface area contributed by atoms with Crippen molar-refractivity contribution < 1.29 is 0 Å². The molecule has 1 aliphatic heterocycles. The second kappa shape index (κ2) is 4.95. The Kier molecular flexibility index (Phi) is 3.83.